The first-order valence-corrected chi connectivity index (χ1v) is 6.71. The van der Waals surface area contributed by atoms with Crippen molar-refractivity contribution in [2.45, 2.75) is 31.9 Å². The lowest BCUT2D eigenvalue weighted by molar-refractivity contribution is -0.0498. The average molecular weight is 284 g/mol. The number of hydrogen-bond acceptors (Lipinski definition) is 3. The van der Waals surface area contributed by atoms with Gasteiger partial charge in [0.15, 0.2) is 0 Å². The van der Waals surface area contributed by atoms with Gasteiger partial charge in [-0.2, -0.15) is 8.78 Å². The number of alkyl halides is 2. The molecule has 0 bridgehead atoms. The van der Waals surface area contributed by atoms with Crippen molar-refractivity contribution in [2.24, 2.45) is 0 Å². The molecule has 1 fully saturated rings. The normalized spacial score (nSPS) is 14.3. The van der Waals surface area contributed by atoms with Crippen LogP contribution in [0.5, 0.6) is 5.75 Å². The Bertz CT molecular complexity index is 433. The van der Waals surface area contributed by atoms with Crippen molar-refractivity contribution in [3.8, 4) is 5.75 Å². The van der Waals surface area contributed by atoms with Crippen LogP contribution in [-0.4, -0.2) is 31.7 Å². The van der Waals surface area contributed by atoms with Crippen LogP contribution >= 0.6 is 0 Å². The summed E-state index contributed by atoms with van der Waals surface area (Å²) in [7, 11) is 0. The second kappa shape index (κ2) is 7.19. The SMILES string of the molecule is O=C(NCCCNC1CC1)c1ccc(OC(F)F)cc1. The maximum absolute atomic E-state index is 12.0. The van der Waals surface area contributed by atoms with E-state index in [9.17, 15) is 13.6 Å². The number of halogens is 2. The van der Waals surface area contributed by atoms with Crippen molar-refractivity contribution in [1.82, 2.24) is 10.6 Å². The fourth-order valence-electron chi connectivity index (χ4n) is 1.77. The Morgan fingerprint density at radius 2 is 1.95 bits per heavy atom. The largest absolute Gasteiger partial charge is 0.435 e. The molecule has 4 nitrogen and oxygen atoms in total. The minimum Gasteiger partial charge on any atom is -0.435 e. The van der Waals surface area contributed by atoms with Crippen LogP contribution in [0.1, 0.15) is 29.6 Å². The van der Waals surface area contributed by atoms with Crippen LogP contribution in [0.3, 0.4) is 0 Å². The molecule has 1 aliphatic carbocycles. The molecule has 0 radical (unpaired) electrons. The van der Waals surface area contributed by atoms with Gasteiger partial charge in [0.2, 0.25) is 0 Å². The van der Waals surface area contributed by atoms with Gasteiger partial charge in [0.05, 0.1) is 0 Å². The van der Waals surface area contributed by atoms with E-state index in [1.165, 1.54) is 37.1 Å². The fourth-order valence-corrected chi connectivity index (χ4v) is 1.77. The van der Waals surface area contributed by atoms with Gasteiger partial charge in [-0.15, -0.1) is 0 Å². The predicted octanol–water partition coefficient (Wildman–Crippen LogP) is 2.16. The number of rotatable bonds is 8. The molecule has 0 aromatic heterocycles. The molecule has 2 rings (SSSR count). The van der Waals surface area contributed by atoms with Gasteiger partial charge in [-0.05, 0) is 50.1 Å². The second-order valence-electron chi connectivity index (χ2n) is 4.74. The number of carbonyl (C=O) groups is 1. The summed E-state index contributed by atoms with van der Waals surface area (Å²) >= 11 is 0. The molecule has 0 atom stereocenters. The molecule has 1 saturated carbocycles. The smallest absolute Gasteiger partial charge is 0.387 e. The van der Waals surface area contributed by atoms with Crippen LogP contribution in [0.4, 0.5) is 8.78 Å². The van der Waals surface area contributed by atoms with E-state index in [2.05, 4.69) is 15.4 Å². The van der Waals surface area contributed by atoms with E-state index in [0.29, 0.717) is 18.2 Å². The lowest BCUT2D eigenvalue weighted by Gasteiger charge is -2.07. The van der Waals surface area contributed by atoms with E-state index >= 15 is 0 Å². The number of amides is 1. The molecule has 20 heavy (non-hydrogen) atoms. The minimum atomic E-state index is -2.85. The van der Waals surface area contributed by atoms with Gasteiger partial charge >= 0.3 is 6.61 Å². The van der Waals surface area contributed by atoms with E-state index in [-0.39, 0.29) is 11.7 Å². The lowest BCUT2D eigenvalue weighted by Crippen LogP contribution is -2.27. The molecule has 0 heterocycles. The Morgan fingerprint density at radius 1 is 1.25 bits per heavy atom. The molecule has 0 saturated heterocycles. The molecule has 6 heteroatoms. The van der Waals surface area contributed by atoms with Crippen molar-refractivity contribution in [2.75, 3.05) is 13.1 Å². The molecule has 0 spiro atoms. The Hall–Kier alpha value is -1.69. The van der Waals surface area contributed by atoms with Crippen molar-refractivity contribution < 1.29 is 18.3 Å². The maximum Gasteiger partial charge on any atom is 0.387 e. The number of carbonyl (C=O) groups excluding carboxylic acids is 1. The summed E-state index contributed by atoms with van der Waals surface area (Å²) in [5, 5.41) is 6.14. The molecule has 2 N–H and O–H groups in total. The van der Waals surface area contributed by atoms with E-state index in [0.717, 1.165) is 13.0 Å². The lowest BCUT2D eigenvalue weighted by atomic mass is 10.2. The van der Waals surface area contributed by atoms with Crippen LogP contribution in [0.15, 0.2) is 24.3 Å². The third kappa shape index (κ3) is 5.13. The predicted molar refractivity (Wildman–Crippen MR) is 71.0 cm³/mol. The summed E-state index contributed by atoms with van der Waals surface area (Å²) in [6.45, 7) is -1.37. The summed E-state index contributed by atoms with van der Waals surface area (Å²) in [5.41, 5.74) is 0.432. The molecular weight excluding hydrogens is 266 g/mol. The third-order valence-electron chi connectivity index (χ3n) is 2.99. The van der Waals surface area contributed by atoms with Crippen LogP contribution in [-0.2, 0) is 0 Å². The topological polar surface area (TPSA) is 50.4 Å². The third-order valence-corrected chi connectivity index (χ3v) is 2.99. The van der Waals surface area contributed by atoms with Gasteiger partial charge in [-0.3, -0.25) is 4.79 Å². The number of ether oxygens (including phenoxy) is 1. The number of hydrogen-bond donors (Lipinski definition) is 2. The van der Waals surface area contributed by atoms with Crippen molar-refractivity contribution in [3.63, 3.8) is 0 Å². The molecule has 1 aliphatic rings. The first kappa shape index (κ1) is 14.7. The molecule has 1 aromatic rings. The summed E-state index contributed by atoms with van der Waals surface area (Å²) in [4.78, 5) is 11.8. The quantitative estimate of drug-likeness (QED) is 0.719. The van der Waals surface area contributed by atoms with Gasteiger partial charge in [-0.25, -0.2) is 0 Å². The Morgan fingerprint density at radius 3 is 2.55 bits per heavy atom. The van der Waals surface area contributed by atoms with Crippen molar-refractivity contribution in [1.29, 1.82) is 0 Å². The monoisotopic (exact) mass is 284 g/mol. The first-order valence-electron chi connectivity index (χ1n) is 6.71. The summed E-state index contributed by atoms with van der Waals surface area (Å²) in [5.74, 6) is -0.162. The highest BCUT2D eigenvalue weighted by molar-refractivity contribution is 5.94. The molecule has 110 valence electrons. The van der Waals surface area contributed by atoms with Gasteiger partial charge in [0, 0.05) is 18.2 Å². The Balaban J connectivity index is 1.68. The van der Waals surface area contributed by atoms with Crippen LogP contribution < -0.4 is 15.4 Å². The average Bonchev–Trinajstić information content (AvgIpc) is 3.22. The number of benzene rings is 1. The first-order chi connectivity index (χ1) is 9.65. The molecule has 0 aliphatic heterocycles. The van der Waals surface area contributed by atoms with E-state index < -0.39 is 6.61 Å². The zero-order chi connectivity index (χ0) is 14.4. The fraction of sp³-hybridized carbons (Fsp3) is 0.500. The van der Waals surface area contributed by atoms with Gasteiger partial charge in [-0.1, -0.05) is 0 Å². The summed E-state index contributed by atoms with van der Waals surface area (Å²) in [6, 6.07) is 6.32. The van der Waals surface area contributed by atoms with Crippen LogP contribution in [0.25, 0.3) is 0 Å². The molecule has 1 amide bonds. The Kier molecular flexibility index (Phi) is 5.29. The van der Waals surface area contributed by atoms with Crippen LogP contribution in [0, 0.1) is 0 Å². The maximum atomic E-state index is 12.0. The summed E-state index contributed by atoms with van der Waals surface area (Å²) < 4.78 is 28.2. The summed E-state index contributed by atoms with van der Waals surface area (Å²) in [6.07, 6.45) is 3.37. The van der Waals surface area contributed by atoms with Crippen LogP contribution in [0.2, 0.25) is 0 Å². The standard InChI is InChI=1S/C14H18F2N2O2/c15-14(16)20-12-6-2-10(3-7-12)13(19)18-9-1-8-17-11-4-5-11/h2-3,6-7,11,14,17H,1,4-5,8-9H2,(H,18,19). The van der Waals surface area contributed by atoms with Gasteiger partial charge < -0.3 is 15.4 Å². The molecular formula is C14H18F2N2O2. The highest BCUT2D eigenvalue weighted by atomic mass is 19.3. The second-order valence-corrected chi connectivity index (χ2v) is 4.74. The van der Waals surface area contributed by atoms with Gasteiger partial charge in [0.1, 0.15) is 5.75 Å². The zero-order valence-electron chi connectivity index (χ0n) is 11.1. The van der Waals surface area contributed by atoms with E-state index in [4.69, 9.17) is 0 Å². The highest BCUT2D eigenvalue weighted by Gasteiger charge is 2.19. The minimum absolute atomic E-state index is 0.0465. The molecule has 0 unspecified atom stereocenters. The Labute approximate surface area is 116 Å². The zero-order valence-corrected chi connectivity index (χ0v) is 11.1. The number of nitrogens with one attached hydrogen (secondary N) is 2. The van der Waals surface area contributed by atoms with E-state index in [1.54, 1.807) is 0 Å². The highest BCUT2D eigenvalue weighted by Crippen LogP contribution is 2.18. The van der Waals surface area contributed by atoms with Crippen molar-refractivity contribution >= 4 is 5.91 Å². The van der Waals surface area contributed by atoms with Crippen molar-refractivity contribution in [3.05, 3.63) is 29.8 Å². The van der Waals surface area contributed by atoms with E-state index in [1.807, 2.05) is 0 Å². The van der Waals surface area contributed by atoms with Gasteiger partial charge in [0.25, 0.3) is 5.91 Å². The molecule has 1 aromatic carbocycles.